The first-order valence-electron chi connectivity index (χ1n) is 7.64. The fourth-order valence-electron chi connectivity index (χ4n) is 2.19. The van der Waals surface area contributed by atoms with E-state index >= 15 is 0 Å². The Morgan fingerprint density at radius 2 is 2.16 bits per heavy atom. The van der Waals surface area contributed by atoms with E-state index in [9.17, 15) is 9.59 Å². The summed E-state index contributed by atoms with van der Waals surface area (Å²) in [7, 11) is 0. The highest BCUT2D eigenvalue weighted by atomic mass is 16.5. The minimum Gasteiger partial charge on any atom is -0.438 e. The Morgan fingerprint density at radius 1 is 1.32 bits per heavy atom. The zero-order chi connectivity index (χ0) is 17.6. The lowest BCUT2D eigenvalue weighted by molar-refractivity contribution is -0.751. The topological polar surface area (TPSA) is 101 Å². The van der Waals surface area contributed by atoms with E-state index < -0.39 is 5.63 Å². The van der Waals surface area contributed by atoms with E-state index in [4.69, 9.17) is 4.74 Å². The Labute approximate surface area is 143 Å². The van der Waals surface area contributed by atoms with Gasteiger partial charge in [-0.25, -0.2) is 9.78 Å². The number of H-pyrrole nitrogens is 1. The van der Waals surface area contributed by atoms with Gasteiger partial charge in [0.15, 0.2) is 0 Å². The van der Waals surface area contributed by atoms with Crippen LogP contribution in [0.1, 0.15) is 11.1 Å². The quantitative estimate of drug-likeness (QED) is 0.653. The second-order valence-electron chi connectivity index (χ2n) is 5.38. The van der Waals surface area contributed by atoms with Gasteiger partial charge in [-0.15, -0.1) is 0 Å². The molecule has 0 atom stereocenters. The first-order valence-corrected chi connectivity index (χ1v) is 7.64. The summed E-state index contributed by atoms with van der Waals surface area (Å²) in [6.45, 7) is 2.14. The number of ether oxygens (including phenoxy) is 1. The Balaban J connectivity index is 1.65. The molecule has 1 amide bonds. The van der Waals surface area contributed by atoms with Crippen LogP contribution in [0.5, 0.6) is 11.6 Å². The molecular weight excluding hydrogens is 324 g/mol. The van der Waals surface area contributed by atoms with Crippen molar-refractivity contribution in [2.75, 3.05) is 0 Å². The summed E-state index contributed by atoms with van der Waals surface area (Å²) in [5.74, 6) is 0.856. The van der Waals surface area contributed by atoms with Gasteiger partial charge in [-0.2, -0.15) is 0 Å². The number of para-hydroxylation sites is 1. The molecule has 0 unspecified atom stereocenters. The van der Waals surface area contributed by atoms with Crippen molar-refractivity contribution in [2.24, 2.45) is 0 Å². The molecule has 25 heavy (non-hydrogen) atoms. The normalized spacial score (nSPS) is 10.4. The van der Waals surface area contributed by atoms with Gasteiger partial charge in [-0.1, -0.05) is 28.9 Å². The van der Waals surface area contributed by atoms with Crippen molar-refractivity contribution >= 4 is 5.91 Å². The molecule has 8 nitrogen and oxygen atoms in total. The molecule has 128 valence electrons. The van der Waals surface area contributed by atoms with Gasteiger partial charge >= 0.3 is 5.63 Å². The number of aryl methyl sites for hydroxylation is 1. The lowest BCUT2D eigenvalue weighted by atomic mass is 10.2. The number of aromatic amines is 1. The Bertz CT molecular complexity index is 932. The first-order chi connectivity index (χ1) is 12.1. The lowest BCUT2D eigenvalue weighted by Crippen LogP contribution is -2.44. The monoisotopic (exact) mass is 341 g/mol. The van der Waals surface area contributed by atoms with Crippen LogP contribution in [0.3, 0.4) is 0 Å². The Morgan fingerprint density at radius 3 is 2.92 bits per heavy atom. The summed E-state index contributed by atoms with van der Waals surface area (Å²) >= 11 is 0. The van der Waals surface area contributed by atoms with Gasteiger partial charge in [0.1, 0.15) is 5.75 Å². The third-order valence-electron chi connectivity index (χ3n) is 3.46. The van der Waals surface area contributed by atoms with E-state index in [1.165, 1.54) is 4.68 Å². The second kappa shape index (κ2) is 7.43. The second-order valence-corrected chi connectivity index (χ2v) is 5.38. The number of pyridine rings is 1. The van der Waals surface area contributed by atoms with Crippen molar-refractivity contribution in [3.63, 3.8) is 0 Å². The molecule has 0 fully saturated rings. The summed E-state index contributed by atoms with van der Waals surface area (Å²) in [5, 5.41) is 5.07. The minimum absolute atomic E-state index is 0.0556. The van der Waals surface area contributed by atoms with E-state index in [0.29, 0.717) is 11.6 Å². The van der Waals surface area contributed by atoms with Crippen LogP contribution in [0, 0.1) is 6.92 Å². The molecule has 3 aromatic rings. The Kier molecular flexibility index (Phi) is 4.89. The van der Waals surface area contributed by atoms with Crippen molar-refractivity contribution in [2.45, 2.75) is 20.0 Å². The molecule has 0 saturated heterocycles. The van der Waals surface area contributed by atoms with Gasteiger partial charge in [0.25, 0.3) is 18.6 Å². The largest absolute Gasteiger partial charge is 0.438 e. The van der Waals surface area contributed by atoms with Crippen LogP contribution in [-0.4, -0.2) is 16.2 Å². The maximum atomic E-state index is 12.0. The fourth-order valence-corrected chi connectivity index (χ4v) is 2.19. The lowest BCUT2D eigenvalue weighted by Gasteiger charge is -2.11. The van der Waals surface area contributed by atoms with Crippen LogP contribution in [0.4, 0.5) is 0 Å². The molecule has 2 N–H and O–H groups in total. The predicted molar refractivity (Wildman–Crippen MR) is 86.9 cm³/mol. The minimum atomic E-state index is -0.547. The SMILES string of the molecule is Cc1ccccc1Oc1ncccc1CNC(=O)C[n+]1cc(=O)o[nH]1. The molecule has 0 aliphatic carbocycles. The van der Waals surface area contributed by atoms with Crippen molar-refractivity contribution < 1.29 is 18.7 Å². The molecule has 2 aromatic heterocycles. The van der Waals surface area contributed by atoms with Crippen LogP contribution in [0.25, 0.3) is 0 Å². The molecule has 0 aliphatic rings. The highest BCUT2D eigenvalue weighted by Gasteiger charge is 2.14. The molecule has 2 heterocycles. The number of amides is 1. The van der Waals surface area contributed by atoms with Crippen LogP contribution < -0.4 is 20.4 Å². The van der Waals surface area contributed by atoms with Gasteiger partial charge in [0.2, 0.25) is 5.88 Å². The van der Waals surface area contributed by atoms with Crippen LogP contribution >= 0.6 is 0 Å². The number of nitrogens with one attached hydrogen (secondary N) is 2. The van der Waals surface area contributed by atoms with Gasteiger partial charge in [0, 0.05) is 18.3 Å². The number of benzene rings is 1. The van der Waals surface area contributed by atoms with E-state index in [1.54, 1.807) is 12.3 Å². The maximum Gasteiger partial charge on any atom is 0.426 e. The zero-order valence-corrected chi connectivity index (χ0v) is 13.6. The highest BCUT2D eigenvalue weighted by Crippen LogP contribution is 2.25. The van der Waals surface area contributed by atoms with Gasteiger partial charge in [0.05, 0.1) is 0 Å². The third kappa shape index (κ3) is 4.31. The highest BCUT2D eigenvalue weighted by molar-refractivity contribution is 5.74. The molecule has 1 aromatic carbocycles. The molecule has 8 heteroatoms. The van der Waals surface area contributed by atoms with Crippen LogP contribution in [0.15, 0.2) is 58.1 Å². The predicted octanol–water partition coefficient (Wildman–Crippen LogP) is 1.07. The van der Waals surface area contributed by atoms with E-state index in [-0.39, 0.29) is 19.0 Å². The van der Waals surface area contributed by atoms with Gasteiger partial charge < -0.3 is 10.1 Å². The summed E-state index contributed by atoms with van der Waals surface area (Å²) in [6, 6.07) is 11.2. The average Bonchev–Trinajstić information content (AvgIpc) is 3.01. The molecule has 0 spiro atoms. The molecule has 0 aliphatic heterocycles. The number of rotatable bonds is 6. The van der Waals surface area contributed by atoms with E-state index in [2.05, 4.69) is 20.1 Å². The standard InChI is InChI=1S/C17H16N4O4/c1-12-5-2-3-7-14(12)24-17-13(6-4-8-18-17)9-19-15(22)10-21-11-16(23)25-20-21/h2-8,11H,9-10H2,1H3,(H-,19,20,22,23)/p+1. The fraction of sp³-hybridized carbons (Fsp3) is 0.176. The summed E-state index contributed by atoms with van der Waals surface area (Å²) < 4.78 is 11.6. The summed E-state index contributed by atoms with van der Waals surface area (Å²) in [4.78, 5) is 27.1. The van der Waals surface area contributed by atoms with Crippen LogP contribution in [-0.2, 0) is 17.9 Å². The summed E-state index contributed by atoms with van der Waals surface area (Å²) in [6.07, 6.45) is 2.79. The molecular formula is C17H17N4O4+. The maximum absolute atomic E-state index is 12.0. The zero-order valence-electron chi connectivity index (χ0n) is 13.6. The van der Waals surface area contributed by atoms with Crippen molar-refractivity contribution in [1.82, 2.24) is 15.6 Å². The van der Waals surface area contributed by atoms with Crippen molar-refractivity contribution in [1.29, 1.82) is 0 Å². The van der Waals surface area contributed by atoms with Gasteiger partial charge in [-0.3, -0.25) is 9.32 Å². The van der Waals surface area contributed by atoms with E-state index in [1.807, 2.05) is 37.3 Å². The summed E-state index contributed by atoms with van der Waals surface area (Å²) in [5.41, 5.74) is 1.18. The average molecular weight is 341 g/mol. The molecule has 0 saturated carbocycles. The van der Waals surface area contributed by atoms with Gasteiger partial charge in [-0.05, 0) is 29.9 Å². The molecule has 0 bridgehead atoms. The van der Waals surface area contributed by atoms with Crippen molar-refractivity contribution in [3.05, 3.63) is 70.3 Å². The first kappa shape index (κ1) is 16.4. The number of carbonyl (C=O) groups excluding carboxylic acids is 1. The molecule has 0 radical (unpaired) electrons. The van der Waals surface area contributed by atoms with Crippen LogP contribution in [0.2, 0.25) is 0 Å². The Hall–Kier alpha value is -3.42. The van der Waals surface area contributed by atoms with E-state index in [0.717, 1.165) is 17.3 Å². The number of nitrogens with zero attached hydrogens (tertiary/aromatic N) is 2. The third-order valence-corrected chi connectivity index (χ3v) is 3.46. The molecule has 3 rings (SSSR count). The smallest absolute Gasteiger partial charge is 0.426 e. The number of aromatic nitrogens is 3. The number of hydrogen-bond donors (Lipinski definition) is 2. The number of carbonyl (C=O) groups is 1. The number of hydrogen-bond acceptors (Lipinski definition) is 5. The van der Waals surface area contributed by atoms with Crippen molar-refractivity contribution in [3.8, 4) is 11.6 Å².